The van der Waals surface area contributed by atoms with E-state index in [1.807, 2.05) is 39.0 Å². The Balaban J connectivity index is 2.91. The molecule has 0 spiro atoms. The molecular weight excluding hydrogens is 242 g/mol. The molecule has 0 aliphatic rings. The molecule has 3 atom stereocenters. The number of rotatable bonds is 5. The van der Waals surface area contributed by atoms with E-state index in [1.165, 1.54) is 0 Å². The molecule has 0 aromatic heterocycles. The van der Waals surface area contributed by atoms with Crippen molar-refractivity contribution in [1.29, 1.82) is 0 Å². The molecule has 1 aromatic rings. The van der Waals surface area contributed by atoms with Crippen LogP contribution in [0.1, 0.15) is 46.3 Å². The summed E-state index contributed by atoms with van der Waals surface area (Å²) in [5.74, 6) is 0.583. The molecule has 1 rings (SSSR count). The normalized spacial score (nSPS) is 16.8. The summed E-state index contributed by atoms with van der Waals surface area (Å²) in [5, 5.41) is 22.8. The summed E-state index contributed by atoms with van der Waals surface area (Å²) in [6, 6.07) is 7.30. The smallest absolute Gasteiger partial charge is 0.176 e. The fourth-order valence-corrected chi connectivity index (χ4v) is 1.75. The van der Waals surface area contributed by atoms with Crippen LogP contribution in [-0.4, -0.2) is 28.1 Å². The minimum Gasteiger partial charge on any atom is -0.472 e. The zero-order valence-electron chi connectivity index (χ0n) is 12.3. The van der Waals surface area contributed by atoms with E-state index >= 15 is 0 Å². The Morgan fingerprint density at radius 2 is 1.68 bits per heavy atom. The van der Waals surface area contributed by atoms with Crippen molar-refractivity contribution in [3.63, 3.8) is 0 Å². The lowest BCUT2D eigenvalue weighted by molar-refractivity contribution is 0.00945. The van der Waals surface area contributed by atoms with E-state index in [-0.39, 0.29) is 5.54 Å². The lowest BCUT2D eigenvalue weighted by Gasteiger charge is -2.31. The molecule has 1 unspecified atom stereocenters. The molecule has 0 amide bonds. The van der Waals surface area contributed by atoms with Gasteiger partial charge >= 0.3 is 0 Å². The van der Waals surface area contributed by atoms with Gasteiger partial charge in [-0.25, -0.2) is 0 Å². The Morgan fingerprint density at radius 1 is 1.11 bits per heavy atom. The van der Waals surface area contributed by atoms with E-state index in [2.05, 4.69) is 5.32 Å². The third-order valence-electron chi connectivity index (χ3n) is 2.64. The van der Waals surface area contributed by atoms with Gasteiger partial charge in [-0.1, -0.05) is 18.2 Å². The molecule has 0 heterocycles. The van der Waals surface area contributed by atoms with Gasteiger partial charge < -0.3 is 14.9 Å². The molecule has 0 fully saturated rings. The summed E-state index contributed by atoms with van der Waals surface area (Å²) in [5.41, 5.74) is 0.533. The minimum atomic E-state index is -0.665. The predicted octanol–water partition coefficient (Wildman–Crippen LogP) is 2.21. The molecule has 108 valence electrons. The van der Waals surface area contributed by atoms with Gasteiger partial charge in [0.05, 0.1) is 6.10 Å². The minimum absolute atomic E-state index is 0.179. The lowest BCUT2D eigenvalue weighted by atomic mass is 10.1. The second-order valence-corrected chi connectivity index (χ2v) is 5.89. The Hall–Kier alpha value is -1.10. The molecule has 4 nitrogen and oxygen atoms in total. The van der Waals surface area contributed by atoms with E-state index in [1.54, 1.807) is 19.9 Å². The van der Waals surface area contributed by atoms with Gasteiger partial charge in [0.2, 0.25) is 0 Å². The number of ether oxygens (including phenoxy) is 1. The molecule has 3 N–H and O–H groups in total. The van der Waals surface area contributed by atoms with Crippen LogP contribution >= 0.6 is 0 Å². The van der Waals surface area contributed by atoms with Crippen LogP contribution in [-0.2, 0) is 0 Å². The third-order valence-corrected chi connectivity index (χ3v) is 2.64. The van der Waals surface area contributed by atoms with Crippen LogP contribution in [0.4, 0.5) is 0 Å². The summed E-state index contributed by atoms with van der Waals surface area (Å²) in [7, 11) is 0. The number of para-hydroxylation sites is 1. The number of hydrogen-bond acceptors (Lipinski definition) is 4. The third kappa shape index (κ3) is 5.19. The van der Waals surface area contributed by atoms with Crippen LogP contribution in [0.15, 0.2) is 24.3 Å². The second-order valence-electron chi connectivity index (χ2n) is 5.89. The zero-order chi connectivity index (χ0) is 14.6. The maximum atomic E-state index is 9.82. The van der Waals surface area contributed by atoms with Crippen molar-refractivity contribution in [3.05, 3.63) is 29.8 Å². The first-order valence-electron chi connectivity index (χ1n) is 6.60. The van der Waals surface area contributed by atoms with Crippen LogP contribution in [0, 0.1) is 0 Å². The van der Waals surface area contributed by atoms with Crippen molar-refractivity contribution in [3.8, 4) is 5.75 Å². The van der Waals surface area contributed by atoms with Crippen LogP contribution in [0.25, 0.3) is 0 Å². The van der Waals surface area contributed by atoms with Gasteiger partial charge in [0.25, 0.3) is 0 Å². The van der Waals surface area contributed by atoms with Crippen LogP contribution in [0.5, 0.6) is 5.75 Å². The summed E-state index contributed by atoms with van der Waals surface area (Å²) in [6.07, 6.45) is -1.80. The van der Waals surface area contributed by atoms with Crippen molar-refractivity contribution < 1.29 is 14.9 Å². The van der Waals surface area contributed by atoms with Gasteiger partial charge in [0.1, 0.15) is 11.9 Å². The highest BCUT2D eigenvalue weighted by Crippen LogP contribution is 2.26. The highest BCUT2D eigenvalue weighted by atomic mass is 16.5. The fourth-order valence-electron chi connectivity index (χ4n) is 1.75. The number of hydrogen-bond donors (Lipinski definition) is 3. The molecule has 0 saturated carbocycles. The summed E-state index contributed by atoms with van der Waals surface area (Å²) >= 11 is 0. The molecule has 1 aromatic carbocycles. The standard InChI is InChI=1S/C15H25NO3/c1-10(17)12-8-6-7-9-13(12)19-14(11(2)18)16-15(3,4)5/h6-11,14,16-18H,1-5H3/t10?,11-,14-/m0/s1. The summed E-state index contributed by atoms with van der Waals surface area (Å²) in [6.45, 7) is 9.39. The van der Waals surface area contributed by atoms with Crippen molar-refractivity contribution in [1.82, 2.24) is 5.32 Å². The monoisotopic (exact) mass is 267 g/mol. The Labute approximate surface area is 115 Å². The van der Waals surface area contributed by atoms with Crippen molar-refractivity contribution in [2.24, 2.45) is 0 Å². The highest BCUT2D eigenvalue weighted by molar-refractivity contribution is 5.35. The zero-order valence-corrected chi connectivity index (χ0v) is 12.3. The van der Waals surface area contributed by atoms with E-state index in [0.717, 1.165) is 0 Å². The van der Waals surface area contributed by atoms with Gasteiger partial charge in [-0.2, -0.15) is 0 Å². The van der Waals surface area contributed by atoms with Gasteiger partial charge in [-0.3, -0.25) is 5.32 Å². The quantitative estimate of drug-likeness (QED) is 0.716. The second kappa shape index (κ2) is 6.37. The van der Waals surface area contributed by atoms with Gasteiger partial charge in [0, 0.05) is 11.1 Å². The van der Waals surface area contributed by atoms with E-state index in [9.17, 15) is 10.2 Å². The van der Waals surface area contributed by atoms with Crippen molar-refractivity contribution in [2.45, 2.75) is 58.6 Å². The van der Waals surface area contributed by atoms with Crippen LogP contribution in [0.2, 0.25) is 0 Å². The summed E-state index contributed by atoms with van der Waals surface area (Å²) in [4.78, 5) is 0. The van der Waals surface area contributed by atoms with Crippen molar-refractivity contribution in [2.75, 3.05) is 0 Å². The number of benzene rings is 1. The molecule has 0 radical (unpaired) electrons. The predicted molar refractivity (Wildman–Crippen MR) is 76.1 cm³/mol. The fraction of sp³-hybridized carbons (Fsp3) is 0.600. The van der Waals surface area contributed by atoms with Crippen LogP contribution in [0.3, 0.4) is 0 Å². The first-order chi connectivity index (χ1) is 8.70. The Bertz CT molecular complexity index is 397. The number of aliphatic hydroxyl groups excluding tert-OH is 2. The number of aliphatic hydroxyl groups is 2. The molecule has 0 bridgehead atoms. The maximum Gasteiger partial charge on any atom is 0.176 e. The van der Waals surface area contributed by atoms with Crippen molar-refractivity contribution >= 4 is 0 Å². The lowest BCUT2D eigenvalue weighted by Crippen LogP contribution is -2.51. The summed E-state index contributed by atoms with van der Waals surface area (Å²) < 4.78 is 5.82. The average Bonchev–Trinajstić information content (AvgIpc) is 2.26. The molecule has 0 aliphatic heterocycles. The first kappa shape index (κ1) is 16.0. The molecule has 0 saturated heterocycles. The topological polar surface area (TPSA) is 61.7 Å². The van der Waals surface area contributed by atoms with Gasteiger partial charge in [-0.05, 0) is 40.7 Å². The average molecular weight is 267 g/mol. The van der Waals surface area contributed by atoms with Gasteiger partial charge in [-0.15, -0.1) is 0 Å². The first-order valence-corrected chi connectivity index (χ1v) is 6.60. The van der Waals surface area contributed by atoms with E-state index < -0.39 is 18.4 Å². The van der Waals surface area contributed by atoms with E-state index in [4.69, 9.17) is 4.74 Å². The van der Waals surface area contributed by atoms with Gasteiger partial charge in [0.15, 0.2) is 6.23 Å². The molecule has 19 heavy (non-hydrogen) atoms. The van der Waals surface area contributed by atoms with Crippen LogP contribution < -0.4 is 10.1 Å². The Kier molecular flexibility index (Phi) is 5.35. The van der Waals surface area contributed by atoms with E-state index in [0.29, 0.717) is 11.3 Å². The molecular formula is C15H25NO3. The highest BCUT2D eigenvalue weighted by Gasteiger charge is 2.24. The maximum absolute atomic E-state index is 9.82. The largest absolute Gasteiger partial charge is 0.472 e. The SMILES string of the molecule is CC(O)c1ccccc1O[C@H](NC(C)(C)C)[C@H](C)O. The Morgan fingerprint density at radius 3 is 2.16 bits per heavy atom. The molecule has 4 heteroatoms. The number of nitrogens with one attached hydrogen (secondary N) is 1. The molecule has 0 aliphatic carbocycles.